The Morgan fingerprint density at radius 2 is 1.73 bits per heavy atom. The molecule has 1 atom stereocenters. The van der Waals surface area contributed by atoms with Gasteiger partial charge in [0.05, 0.1) is 6.10 Å². The number of carbonyl (C=O) groups excluding carboxylic acids is 2. The number of hydrogen-bond donors (Lipinski definition) is 1. The van der Waals surface area contributed by atoms with Crippen molar-refractivity contribution in [2.75, 3.05) is 0 Å². The van der Waals surface area contributed by atoms with Crippen molar-refractivity contribution in [1.29, 1.82) is 0 Å². The predicted molar refractivity (Wildman–Crippen MR) is 84.5 cm³/mol. The van der Waals surface area contributed by atoms with Crippen LogP contribution in [-0.2, 0) is 20.7 Å². The van der Waals surface area contributed by atoms with Gasteiger partial charge in [-0.15, -0.1) is 0 Å². The van der Waals surface area contributed by atoms with Crippen LogP contribution >= 0.6 is 0 Å². The van der Waals surface area contributed by atoms with Crippen LogP contribution in [0.1, 0.15) is 40.2 Å². The molecule has 0 bridgehead atoms. The number of esters is 1. The highest BCUT2D eigenvalue weighted by Crippen LogP contribution is 2.09. The molecular weight excluding hydrogens is 282 g/mol. The minimum Gasteiger partial charge on any atom is -0.461 e. The van der Waals surface area contributed by atoms with Gasteiger partial charge >= 0.3 is 12.1 Å². The van der Waals surface area contributed by atoms with Crippen LogP contribution in [0.3, 0.4) is 0 Å². The molecule has 0 heterocycles. The van der Waals surface area contributed by atoms with Crippen molar-refractivity contribution in [2.45, 2.75) is 58.8 Å². The number of rotatable bonds is 5. The van der Waals surface area contributed by atoms with E-state index in [1.54, 1.807) is 34.6 Å². The van der Waals surface area contributed by atoms with E-state index in [2.05, 4.69) is 5.32 Å². The highest BCUT2D eigenvalue weighted by atomic mass is 16.6. The van der Waals surface area contributed by atoms with Gasteiger partial charge in [-0.05, 0) is 40.2 Å². The van der Waals surface area contributed by atoms with Gasteiger partial charge in [0.2, 0.25) is 0 Å². The van der Waals surface area contributed by atoms with Gasteiger partial charge < -0.3 is 14.8 Å². The van der Waals surface area contributed by atoms with Crippen LogP contribution in [0.25, 0.3) is 0 Å². The smallest absolute Gasteiger partial charge is 0.408 e. The van der Waals surface area contributed by atoms with E-state index in [0.717, 1.165) is 5.56 Å². The van der Waals surface area contributed by atoms with Crippen LogP contribution < -0.4 is 5.32 Å². The summed E-state index contributed by atoms with van der Waals surface area (Å²) in [7, 11) is 0. The predicted octanol–water partition coefficient (Wildman–Crippen LogP) is 3.07. The number of alkyl carbamates (subject to hydrolysis) is 1. The molecule has 0 aliphatic carbocycles. The minimum absolute atomic E-state index is 0.244. The van der Waals surface area contributed by atoms with Crippen LogP contribution in [0.2, 0.25) is 0 Å². The average Bonchev–Trinajstić information content (AvgIpc) is 2.36. The molecular formula is C17H25NO4. The van der Waals surface area contributed by atoms with Gasteiger partial charge in [-0.2, -0.15) is 0 Å². The standard InChI is InChI=1S/C17H25NO4/c1-12(2)21-15(19)14(11-13-9-7-6-8-10-13)18-16(20)22-17(3,4)5/h6-10,12,14H,11H2,1-5H3,(H,18,20)/t14-/m0/s1. The molecule has 0 spiro atoms. The van der Waals surface area contributed by atoms with Crippen LogP contribution in [-0.4, -0.2) is 29.8 Å². The summed E-state index contributed by atoms with van der Waals surface area (Å²) in [6, 6.07) is 8.67. The van der Waals surface area contributed by atoms with E-state index in [1.165, 1.54) is 0 Å². The van der Waals surface area contributed by atoms with Crippen LogP contribution in [0.4, 0.5) is 4.79 Å². The van der Waals surface area contributed by atoms with Crippen molar-refractivity contribution >= 4 is 12.1 Å². The Morgan fingerprint density at radius 1 is 1.14 bits per heavy atom. The third-order valence-corrected chi connectivity index (χ3v) is 2.61. The maximum atomic E-state index is 12.2. The fourth-order valence-corrected chi connectivity index (χ4v) is 1.81. The lowest BCUT2D eigenvalue weighted by atomic mass is 10.1. The Balaban J connectivity index is 2.78. The monoisotopic (exact) mass is 307 g/mol. The molecule has 122 valence electrons. The van der Waals surface area contributed by atoms with E-state index in [1.807, 2.05) is 30.3 Å². The second-order valence-corrected chi connectivity index (χ2v) is 6.37. The van der Waals surface area contributed by atoms with Crippen molar-refractivity contribution in [3.63, 3.8) is 0 Å². The summed E-state index contributed by atoms with van der Waals surface area (Å²) in [5, 5.41) is 2.59. The lowest BCUT2D eigenvalue weighted by Crippen LogP contribution is -2.46. The Labute approximate surface area is 132 Å². The molecule has 0 radical (unpaired) electrons. The first-order valence-corrected chi connectivity index (χ1v) is 7.41. The van der Waals surface area contributed by atoms with Crippen LogP contribution in [0.15, 0.2) is 30.3 Å². The fourth-order valence-electron chi connectivity index (χ4n) is 1.81. The zero-order valence-electron chi connectivity index (χ0n) is 13.9. The van der Waals surface area contributed by atoms with Crippen molar-refractivity contribution in [2.24, 2.45) is 0 Å². The lowest BCUT2D eigenvalue weighted by Gasteiger charge is -2.23. The second kappa shape index (κ2) is 7.82. The zero-order chi connectivity index (χ0) is 16.8. The molecule has 22 heavy (non-hydrogen) atoms. The number of ether oxygens (including phenoxy) is 2. The molecule has 0 aromatic heterocycles. The minimum atomic E-state index is -0.778. The van der Waals surface area contributed by atoms with E-state index in [-0.39, 0.29) is 6.10 Å². The summed E-state index contributed by atoms with van der Waals surface area (Å²) >= 11 is 0. The first kappa shape index (κ1) is 18.0. The van der Waals surface area contributed by atoms with E-state index in [4.69, 9.17) is 9.47 Å². The molecule has 1 aromatic carbocycles. The summed E-state index contributed by atoms with van der Waals surface area (Å²) in [6.45, 7) is 8.84. The summed E-state index contributed by atoms with van der Waals surface area (Å²) in [6.07, 6.45) is -0.522. The average molecular weight is 307 g/mol. The Bertz CT molecular complexity index is 491. The van der Waals surface area contributed by atoms with E-state index in [0.29, 0.717) is 6.42 Å². The van der Waals surface area contributed by atoms with Gasteiger partial charge in [0.1, 0.15) is 11.6 Å². The molecule has 0 aliphatic heterocycles. The summed E-state index contributed by atoms with van der Waals surface area (Å²) in [4.78, 5) is 24.1. The number of carbonyl (C=O) groups is 2. The van der Waals surface area contributed by atoms with E-state index >= 15 is 0 Å². The molecule has 0 saturated carbocycles. The Hall–Kier alpha value is -2.04. The van der Waals surface area contributed by atoms with Crippen LogP contribution in [0, 0.1) is 0 Å². The van der Waals surface area contributed by atoms with Crippen molar-refractivity contribution in [1.82, 2.24) is 5.32 Å². The second-order valence-electron chi connectivity index (χ2n) is 6.37. The summed E-state index contributed by atoms with van der Waals surface area (Å²) in [5.41, 5.74) is 0.313. The number of nitrogens with one attached hydrogen (secondary N) is 1. The van der Waals surface area contributed by atoms with Gasteiger partial charge in [0, 0.05) is 6.42 Å². The van der Waals surface area contributed by atoms with Crippen LogP contribution in [0.5, 0.6) is 0 Å². The topological polar surface area (TPSA) is 64.6 Å². The normalized spacial score (nSPS) is 12.6. The Morgan fingerprint density at radius 3 is 2.23 bits per heavy atom. The highest BCUT2D eigenvalue weighted by Gasteiger charge is 2.26. The fraction of sp³-hybridized carbons (Fsp3) is 0.529. The van der Waals surface area contributed by atoms with Gasteiger partial charge in [-0.1, -0.05) is 30.3 Å². The maximum Gasteiger partial charge on any atom is 0.408 e. The van der Waals surface area contributed by atoms with Crippen molar-refractivity contribution < 1.29 is 19.1 Å². The number of benzene rings is 1. The number of hydrogen-bond acceptors (Lipinski definition) is 4. The third kappa shape index (κ3) is 7.11. The van der Waals surface area contributed by atoms with E-state index < -0.39 is 23.7 Å². The van der Waals surface area contributed by atoms with E-state index in [9.17, 15) is 9.59 Å². The highest BCUT2D eigenvalue weighted by molar-refractivity contribution is 5.81. The SMILES string of the molecule is CC(C)OC(=O)[C@H](Cc1ccccc1)NC(=O)OC(C)(C)C. The molecule has 0 aliphatic rings. The zero-order valence-corrected chi connectivity index (χ0v) is 13.9. The number of amides is 1. The molecule has 0 unspecified atom stereocenters. The lowest BCUT2D eigenvalue weighted by molar-refractivity contribution is -0.149. The maximum absolute atomic E-state index is 12.2. The van der Waals surface area contributed by atoms with Crippen molar-refractivity contribution in [3.05, 3.63) is 35.9 Å². The van der Waals surface area contributed by atoms with Crippen molar-refractivity contribution in [3.8, 4) is 0 Å². The summed E-state index contributed by atoms with van der Waals surface area (Å²) in [5.74, 6) is -0.468. The first-order chi connectivity index (χ1) is 10.2. The molecule has 5 heteroatoms. The Kier molecular flexibility index (Phi) is 6.40. The third-order valence-electron chi connectivity index (χ3n) is 2.61. The van der Waals surface area contributed by atoms with Gasteiger partial charge in [0.25, 0.3) is 0 Å². The molecule has 1 amide bonds. The largest absolute Gasteiger partial charge is 0.461 e. The quantitative estimate of drug-likeness (QED) is 0.849. The summed E-state index contributed by atoms with van der Waals surface area (Å²) < 4.78 is 10.4. The van der Waals surface area contributed by atoms with Gasteiger partial charge in [-0.25, -0.2) is 9.59 Å². The molecule has 5 nitrogen and oxygen atoms in total. The molecule has 1 rings (SSSR count). The first-order valence-electron chi connectivity index (χ1n) is 7.41. The molecule has 0 saturated heterocycles. The molecule has 1 N–H and O–H groups in total. The molecule has 1 aromatic rings. The van der Waals surface area contributed by atoms with Gasteiger partial charge in [0.15, 0.2) is 0 Å². The van der Waals surface area contributed by atoms with Gasteiger partial charge in [-0.3, -0.25) is 0 Å². The molecule has 0 fully saturated rings.